The molecule has 0 bridgehead atoms. The van der Waals surface area contributed by atoms with Crippen LogP contribution in [0.3, 0.4) is 0 Å². The third-order valence-electron chi connectivity index (χ3n) is 1.92. The van der Waals surface area contributed by atoms with Crippen molar-refractivity contribution in [1.29, 1.82) is 0 Å². The molecule has 0 fully saturated rings. The molecule has 0 aliphatic heterocycles. The van der Waals surface area contributed by atoms with Gasteiger partial charge in [0.1, 0.15) is 0 Å². The van der Waals surface area contributed by atoms with Crippen LogP contribution in [0, 0.1) is 0 Å². The quantitative estimate of drug-likeness (QED) is 0.844. The third kappa shape index (κ3) is 4.71. The number of rotatable bonds is 5. The van der Waals surface area contributed by atoms with Gasteiger partial charge in [0.2, 0.25) is 5.91 Å². The molecule has 0 heterocycles. The Morgan fingerprint density at radius 2 is 2.13 bits per heavy atom. The van der Waals surface area contributed by atoms with Crippen molar-refractivity contribution >= 4 is 33.6 Å². The highest BCUT2D eigenvalue weighted by atomic mass is 79.9. The lowest BCUT2D eigenvalue weighted by atomic mass is 10.1. The second-order valence-corrected chi connectivity index (χ2v) is 5.09. The largest absolute Gasteiger partial charge is 0.354 e. The predicted octanol–water partition coefficient (Wildman–Crippen LogP) is 2.60. The molecule has 4 heteroatoms. The van der Waals surface area contributed by atoms with Crippen LogP contribution < -0.4 is 5.32 Å². The molecule has 0 aliphatic carbocycles. The van der Waals surface area contributed by atoms with E-state index in [1.54, 1.807) is 0 Å². The summed E-state index contributed by atoms with van der Waals surface area (Å²) in [6, 6.07) is 10.1. The highest BCUT2D eigenvalue weighted by Crippen LogP contribution is 2.20. The lowest BCUT2D eigenvalue weighted by molar-refractivity contribution is -0.118. The Bertz CT molecular complexity index is 305. The van der Waals surface area contributed by atoms with Gasteiger partial charge in [-0.15, -0.1) is 0 Å². The molecular formula is C11H14BrNOS. The fourth-order valence-electron chi connectivity index (χ4n) is 1.17. The molecule has 1 aromatic rings. The standard InChI is InChI=1S/C11H14BrNOS/c1-15-8-11(14)13-7-10(12)9-5-3-2-4-6-9/h2-6,10H,7-8H2,1H3,(H,13,14). The number of benzene rings is 1. The first-order chi connectivity index (χ1) is 7.24. The van der Waals surface area contributed by atoms with Crippen LogP contribution in [0.1, 0.15) is 10.4 Å². The number of thioether (sulfide) groups is 1. The van der Waals surface area contributed by atoms with E-state index in [4.69, 9.17) is 0 Å². The molecule has 0 spiro atoms. The molecule has 2 nitrogen and oxygen atoms in total. The summed E-state index contributed by atoms with van der Waals surface area (Å²) in [5, 5.41) is 2.88. The van der Waals surface area contributed by atoms with Gasteiger partial charge in [-0.1, -0.05) is 46.3 Å². The SMILES string of the molecule is CSCC(=O)NCC(Br)c1ccccc1. The summed E-state index contributed by atoms with van der Waals surface area (Å²) in [5.41, 5.74) is 1.18. The van der Waals surface area contributed by atoms with Crippen LogP contribution in [0.25, 0.3) is 0 Å². The van der Waals surface area contributed by atoms with Crippen LogP contribution in [0.15, 0.2) is 30.3 Å². The molecule has 1 unspecified atom stereocenters. The Hall–Kier alpha value is -0.480. The second-order valence-electron chi connectivity index (χ2n) is 3.12. The lowest BCUT2D eigenvalue weighted by Crippen LogP contribution is -2.28. The van der Waals surface area contributed by atoms with Crippen LogP contribution in [0.4, 0.5) is 0 Å². The van der Waals surface area contributed by atoms with Crippen LogP contribution in [-0.2, 0) is 4.79 Å². The molecule has 1 N–H and O–H groups in total. The summed E-state index contributed by atoms with van der Waals surface area (Å²) in [6.45, 7) is 0.628. The molecule has 82 valence electrons. The molecule has 0 aliphatic rings. The average Bonchev–Trinajstić information content (AvgIpc) is 2.27. The predicted molar refractivity (Wildman–Crippen MR) is 69.5 cm³/mol. The van der Waals surface area contributed by atoms with E-state index in [2.05, 4.69) is 21.2 Å². The molecule has 1 aromatic carbocycles. The maximum Gasteiger partial charge on any atom is 0.230 e. The van der Waals surface area contributed by atoms with Gasteiger partial charge < -0.3 is 5.32 Å². The van der Waals surface area contributed by atoms with E-state index in [0.29, 0.717) is 12.3 Å². The van der Waals surface area contributed by atoms with Crippen LogP contribution >= 0.6 is 27.7 Å². The Kier molecular flexibility index (Phi) is 5.79. The highest BCUT2D eigenvalue weighted by molar-refractivity contribution is 9.09. The number of halogens is 1. The molecule has 15 heavy (non-hydrogen) atoms. The van der Waals surface area contributed by atoms with Crippen molar-refractivity contribution in [3.63, 3.8) is 0 Å². The fourth-order valence-corrected chi connectivity index (χ4v) is 2.00. The van der Waals surface area contributed by atoms with Crippen molar-refractivity contribution in [1.82, 2.24) is 5.32 Å². The number of amides is 1. The van der Waals surface area contributed by atoms with Crippen LogP contribution in [0.2, 0.25) is 0 Å². The van der Waals surface area contributed by atoms with Gasteiger partial charge >= 0.3 is 0 Å². The molecule has 1 rings (SSSR count). The summed E-state index contributed by atoms with van der Waals surface area (Å²) in [6.07, 6.45) is 1.92. The Labute approximate surface area is 103 Å². The highest BCUT2D eigenvalue weighted by Gasteiger charge is 2.07. The van der Waals surface area contributed by atoms with Gasteiger partial charge in [0.25, 0.3) is 0 Å². The van der Waals surface area contributed by atoms with Crippen molar-refractivity contribution in [2.45, 2.75) is 4.83 Å². The van der Waals surface area contributed by atoms with Gasteiger partial charge in [-0.05, 0) is 11.8 Å². The van der Waals surface area contributed by atoms with E-state index in [-0.39, 0.29) is 10.7 Å². The molecule has 0 radical (unpaired) electrons. The number of hydrogen-bond acceptors (Lipinski definition) is 2. The van der Waals surface area contributed by atoms with E-state index in [1.165, 1.54) is 17.3 Å². The average molecular weight is 288 g/mol. The Morgan fingerprint density at radius 3 is 2.73 bits per heavy atom. The Balaban J connectivity index is 2.37. The van der Waals surface area contributed by atoms with Crippen LogP contribution in [0.5, 0.6) is 0 Å². The topological polar surface area (TPSA) is 29.1 Å². The minimum absolute atomic E-state index is 0.0860. The van der Waals surface area contributed by atoms with E-state index >= 15 is 0 Å². The molecule has 1 atom stereocenters. The molecule has 0 saturated heterocycles. The number of alkyl halides is 1. The first-order valence-electron chi connectivity index (χ1n) is 4.68. The van der Waals surface area contributed by atoms with Crippen molar-refractivity contribution < 1.29 is 4.79 Å². The number of hydrogen-bond donors (Lipinski definition) is 1. The summed E-state index contributed by atoms with van der Waals surface area (Å²) < 4.78 is 0. The maximum absolute atomic E-state index is 11.2. The smallest absolute Gasteiger partial charge is 0.230 e. The van der Waals surface area contributed by atoms with Gasteiger partial charge in [0.15, 0.2) is 0 Å². The number of carbonyl (C=O) groups is 1. The monoisotopic (exact) mass is 287 g/mol. The van der Waals surface area contributed by atoms with Crippen molar-refractivity contribution in [3.05, 3.63) is 35.9 Å². The van der Waals surface area contributed by atoms with Gasteiger partial charge in [0.05, 0.1) is 10.6 Å². The van der Waals surface area contributed by atoms with Crippen molar-refractivity contribution in [2.24, 2.45) is 0 Å². The molecular weight excluding hydrogens is 274 g/mol. The van der Waals surface area contributed by atoms with Gasteiger partial charge in [-0.3, -0.25) is 4.79 Å². The zero-order valence-electron chi connectivity index (χ0n) is 8.57. The zero-order valence-corrected chi connectivity index (χ0v) is 11.0. The summed E-state index contributed by atoms with van der Waals surface area (Å²) in [4.78, 5) is 11.4. The first kappa shape index (κ1) is 12.6. The normalized spacial score (nSPS) is 12.1. The molecule has 0 aromatic heterocycles. The van der Waals surface area contributed by atoms with Crippen molar-refractivity contribution in [3.8, 4) is 0 Å². The minimum Gasteiger partial charge on any atom is -0.354 e. The van der Waals surface area contributed by atoms with Crippen molar-refractivity contribution in [2.75, 3.05) is 18.6 Å². The van der Waals surface area contributed by atoms with E-state index in [1.807, 2.05) is 36.6 Å². The number of nitrogens with one attached hydrogen (secondary N) is 1. The summed E-state index contributed by atoms with van der Waals surface area (Å²) >= 11 is 5.07. The van der Waals surface area contributed by atoms with E-state index < -0.39 is 0 Å². The minimum atomic E-state index is 0.0860. The molecule has 1 amide bonds. The van der Waals surface area contributed by atoms with Gasteiger partial charge in [-0.2, -0.15) is 11.8 Å². The summed E-state index contributed by atoms with van der Waals surface area (Å²) in [5.74, 6) is 0.608. The van der Waals surface area contributed by atoms with Crippen LogP contribution in [-0.4, -0.2) is 24.5 Å². The maximum atomic E-state index is 11.2. The fraction of sp³-hybridized carbons (Fsp3) is 0.364. The van der Waals surface area contributed by atoms with E-state index in [0.717, 1.165) is 0 Å². The van der Waals surface area contributed by atoms with Gasteiger partial charge in [-0.25, -0.2) is 0 Å². The third-order valence-corrected chi connectivity index (χ3v) is 3.32. The first-order valence-corrected chi connectivity index (χ1v) is 6.99. The second kappa shape index (κ2) is 6.90. The molecule has 0 saturated carbocycles. The Morgan fingerprint density at radius 1 is 1.47 bits per heavy atom. The van der Waals surface area contributed by atoms with E-state index in [9.17, 15) is 4.79 Å². The lowest BCUT2D eigenvalue weighted by Gasteiger charge is -2.10. The summed E-state index contributed by atoms with van der Waals surface area (Å²) in [7, 11) is 0. The zero-order chi connectivity index (χ0) is 11.1. The van der Waals surface area contributed by atoms with Gasteiger partial charge in [0, 0.05) is 6.54 Å². The number of carbonyl (C=O) groups excluding carboxylic acids is 1.